The first-order valence-electron chi connectivity index (χ1n) is 7.48. The van der Waals surface area contributed by atoms with Gasteiger partial charge in [0, 0.05) is 16.3 Å². The molecule has 0 saturated heterocycles. The van der Waals surface area contributed by atoms with Crippen LogP contribution in [0.25, 0.3) is 16.8 Å². The Kier molecular flexibility index (Phi) is 4.69. The van der Waals surface area contributed by atoms with Gasteiger partial charge in [0.15, 0.2) is 0 Å². The Morgan fingerprint density at radius 2 is 1.80 bits per heavy atom. The minimum absolute atomic E-state index is 0.00532. The normalized spacial score (nSPS) is 11.1. The summed E-state index contributed by atoms with van der Waals surface area (Å²) in [5.74, 6) is -0.553. The summed E-state index contributed by atoms with van der Waals surface area (Å²) in [6.07, 6.45) is 1.39. The van der Waals surface area contributed by atoms with Gasteiger partial charge in [-0.1, -0.05) is 41.9 Å². The number of hydrogen-bond donors (Lipinski definition) is 2. The van der Waals surface area contributed by atoms with E-state index in [9.17, 15) is 15.2 Å². The zero-order valence-electron chi connectivity index (χ0n) is 13.0. The van der Waals surface area contributed by atoms with E-state index in [-0.39, 0.29) is 11.3 Å². The third-order valence-electron chi connectivity index (χ3n) is 3.70. The van der Waals surface area contributed by atoms with Gasteiger partial charge in [-0.2, -0.15) is 5.26 Å². The van der Waals surface area contributed by atoms with E-state index in [2.05, 4.69) is 5.32 Å². The Morgan fingerprint density at radius 1 is 1.08 bits per heavy atom. The minimum atomic E-state index is -0.558. The molecule has 122 valence electrons. The van der Waals surface area contributed by atoms with E-state index in [1.54, 1.807) is 36.4 Å². The van der Waals surface area contributed by atoms with Crippen LogP contribution in [0.15, 0.2) is 66.2 Å². The lowest BCUT2D eigenvalue weighted by Gasteiger charge is -2.07. The van der Waals surface area contributed by atoms with Gasteiger partial charge in [0.2, 0.25) is 0 Å². The average molecular weight is 349 g/mol. The molecule has 0 aliphatic heterocycles. The molecule has 4 nitrogen and oxygen atoms in total. The molecule has 0 radical (unpaired) electrons. The summed E-state index contributed by atoms with van der Waals surface area (Å²) in [4.78, 5) is 12.4. The number of phenolic OH excluding ortho intramolecular Hbond substituents is 1. The molecule has 0 spiro atoms. The Hall–Kier alpha value is -3.29. The quantitative estimate of drug-likeness (QED) is 0.530. The molecule has 1 amide bonds. The number of nitriles is 1. The second kappa shape index (κ2) is 7.08. The highest BCUT2D eigenvalue weighted by Crippen LogP contribution is 2.29. The monoisotopic (exact) mass is 348 g/mol. The molecule has 2 N–H and O–H groups in total. The van der Waals surface area contributed by atoms with Crippen molar-refractivity contribution in [2.75, 3.05) is 5.32 Å². The van der Waals surface area contributed by atoms with Crippen molar-refractivity contribution in [3.8, 4) is 11.8 Å². The Balaban J connectivity index is 1.98. The van der Waals surface area contributed by atoms with E-state index in [0.717, 1.165) is 10.8 Å². The van der Waals surface area contributed by atoms with Crippen LogP contribution in [-0.2, 0) is 4.79 Å². The maximum Gasteiger partial charge on any atom is 0.266 e. The zero-order valence-corrected chi connectivity index (χ0v) is 13.8. The molecule has 0 aliphatic rings. The summed E-state index contributed by atoms with van der Waals surface area (Å²) in [5.41, 5.74) is 0.847. The molecule has 0 atom stereocenters. The van der Waals surface area contributed by atoms with E-state index in [1.165, 1.54) is 6.08 Å². The number of carbonyl (C=O) groups excluding carboxylic acids is 1. The third-order valence-corrected chi connectivity index (χ3v) is 3.96. The number of amides is 1. The van der Waals surface area contributed by atoms with Crippen molar-refractivity contribution < 1.29 is 9.90 Å². The molecule has 25 heavy (non-hydrogen) atoms. The summed E-state index contributed by atoms with van der Waals surface area (Å²) >= 11 is 5.81. The molecular weight excluding hydrogens is 336 g/mol. The van der Waals surface area contributed by atoms with E-state index in [1.807, 2.05) is 30.3 Å². The fraction of sp³-hybridized carbons (Fsp3) is 0. The number of phenols is 1. The number of nitrogens with zero attached hydrogens (tertiary/aromatic N) is 1. The van der Waals surface area contributed by atoms with Gasteiger partial charge in [-0.25, -0.2) is 0 Å². The van der Waals surface area contributed by atoms with Crippen molar-refractivity contribution in [2.24, 2.45) is 0 Å². The number of carbonyl (C=O) groups is 1. The number of aromatic hydroxyl groups is 1. The fourth-order valence-corrected chi connectivity index (χ4v) is 2.59. The lowest BCUT2D eigenvalue weighted by Crippen LogP contribution is -2.13. The summed E-state index contributed by atoms with van der Waals surface area (Å²) in [5, 5.41) is 24.4. The van der Waals surface area contributed by atoms with Crippen molar-refractivity contribution >= 4 is 40.0 Å². The molecule has 0 saturated carbocycles. The predicted octanol–water partition coefficient (Wildman–Crippen LogP) is 4.74. The van der Waals surface area contributed by atoms with Crippen LogP contribution in [-0.4, -0.2) is 11.0 Å². The smallest absolute Gasteiger partial charge is 0.266 e. The molecule has 0 unspecified atom stereocenters. The first-order valence-corrected chi connectivity index (χ1v) is 7.86. The lowest BCUT2D eigenvalue weighted by molar-refractivity contribution is -0.112. The number of hydrogen-bond acceptors (Lipinski definition) is 3. The second-order valence-corrected chi connectivity index (χ2v) is 5.79. The maximum atomic E-state index is 12.4. The highest BCUT2D eigenvalue weighted by molar-refractivity contribution is 6.30. The summed E-state index contributed by atoms with van der Waals surface area (Å²) in [6.45, 7) is 0. The average Bonchev–Trinajstić information content (AvgIpc) is 2.63. The van der Waals surface area contributed by atoms with Crippen LogP contribution in [0, 0.1) is 11.3 Å². The van der Waals surface area contributed by atoms with Crippen molar-refractivity contribution in [2.45, 2.75) is 0 Å². The van der Waals surface area contributed by atoms with Crippen molar-refractivity contribution in [1.29, 1.82) is 5.26 Å². The summed E-state index contributed by atoms with van der Waals surface area (Å²) in [7, 11) is 0. The van der Waals surface area contributed by atoms with E-state index >= 15 is 0 Å². The van der Waals surface area contributed by atoms with Gasteiger partial charge in [-0.05, 0) is 47.2 Å². The molecule has 0 fully saturated rings. The topological polar surface area (TPSA) is 73.1 Å². The number of anilines is 1. The van der Waals surface area contributed by atoms with Gasteiger partial charge >= 0.3 is 0 Å². The molecule has 0 heterocycles. The summed E-state index contributed by atoms with van der Waals surface area (Å²) < 4.78 is 0. The molecule has 5 heteroatoms. The molecule has 3 aromatic carbocycles. The minimum Gasteiger partial charge on any atom is -0.507 e. The molecule has 3 aromatic rings. The highest BCUT2D eigenvalue weighted by atomic mass is 35.5. The molecule has 0 aromatic heterocycles. The highest BCUT2D eigenvalue weighted by Gasteiger charge is 2.12. The van der Waals surface area contributed by atoms with Crippen LogP contribution in [0.3, 0.4) is 0 Å². The number of benzene rings is 3. The number of fused-ring (bicyclic) bond motifs is 1. The Bertz CT molecular complexity index is 1020. The molecule has 0 bridgehead atoms. The van der Waals surface area contributed by atoms with E-state index < -0.39 is 5.91 Å². The number of halogens is 1. The van der Waals surface area contributed by atoms with Crippen molar-refractivity contribution in [3.63, 3.8) is 0 Å². The Morgan fingerprint density at radius 3 is 2.52 bits per heavy atom. The van der Waals surface area contributed by atoms with Gasteiger partial charge in [0.25, 0.3) is 5.91 Å². The van der Waals surface area contributed by atoms with Crippen LogP contribution in [0.4, 0.5) is 5.69 Å². The summed E-state index contributed by atoms with van der Waals surface area (Å²) in [6, 6.07) is 19.2. The Labute approximate surface area is 149 Å². The zero-order chi connectivity index (χ0) is 17.8. The molecular formula is C20H13ClN2O2. The second-order valence-electron chi connectivity index (χ2n) is 5.35. The van der Waals surface area contributed by atoms with Gasteiger partial charge in [-0.3, -0.25) is 4.79 Å². The maximum absolute atomic E-state index is 12.4. The van der Waals surface area contributed by atoms with Crippen LogP contribution in [0.5, 0.6) is 5.75 Å². The van der Waals surface area contributed by atoms with Crippen LogP contribution in [0.2, 0.25) is 5.02 Å². The van der Waals surface area contributed by atoms with Crippen LogP contribution in [0.1, 0.15) is 5.56 Å². The first-order chi connectivity index (χ1) is 12.1. The van der Waals surface area contributed by atoms with Crippen LogP contribution < -0.4 is 5.32 Å². The predicted molar refractivity (Wildman–Crippen MR) is 99.3 cm³/mol. The van der Waals surface area contributed by atoms with Crippen molar-refractivity contribution in [3.05, 3.63) is 76.8 Å². The van der Waals surface area contributed by atoms with Gasteiger partial charge < -0.3 is 10.4 Å². The number of nitrogens with one attached hydrogen (secondary N) is 1. The third kappa shape index (κ3) is 3.63. The standard InChI is InChI=1S/C20H13ClN2O2/c21-15-6-8-16(9-7-15)23-20(25)14(12-22)11-18-17-4-2-1-3-13(17)5-10-19(18)24/h1-11,24H,(H,23,25)/b14-11+. The molecule has 3 rings (SSSR count). The molecule has 0 aliphatic carbocycles. The van der Waals surface area contributed by atoms with Crippen molar-refractivity contribution in [1.82, 2.24) is 0 Å². The first kappa shape index (κ1) is 16.6. The van der Waals surface area contributed by atoms with E-state index in [4.69, 9.17) is 11.6 Å². The lowest BCUT2D eigenvalue weighted by atomic mass is 10.0. The van der Waals surface area contributed by atoms with E-state index in [0.29, 0.717) is 16.3 Å². The van der Waals surface area contributed by atoms with Crippen LogP contribution >= 0.6 is 11.6 Å². The van der Waals surface area contributed by atoms with Gasteiger partial charge in [0.1, 0.15) is 17.4 Å². The fourth-order valence-electron chi connectivity index (χ4n) is 2.46. The number of rotatable bonds is 3. The van der Waals surface area contributed by atoms with Gasteiger partial charge in [-0.15, -0.1) is 0 Å². The van der Waals surface area contributed by atoms with Gasteiger partial charge in [0.05, 0.1) is 0 Å². The largest absolute Gasteiger partial charge is 0.507 e. The SMILES string of the molecule is N#C/C(=C\c1c(O)ccc2ccccc12)C(=O)Nc1ccc(Cl)cc1.